The number of hydrogen-bond acceptors (Lipinski definition) is 6. The predicted octanol–water partition coefficient (Wildman–Crippen LogP) is 0.901. The second-order valence-electron chi connectivity index (χ2n) is 4.25. The fourth-order valence-corrected chi connectivity index (χ4v) is 2.48. The van der Waals surface area contributed by atoms with E-state index in [1.54, 1.807) is 0 Å². The Labute approximate surface area is 104 Å². The molecule has 0 aromatic carbocycles. The summed E-state index contributed by atoms with van der Waals surface area (Å²) in [5, 5.41) is 0.158. The minimum Gasteiger partial charge on any atom is -0.467 e. The molecule has 2 atom stereocenters. The highest BCUT2D eigenvalue weighted by Gasteiger charge is 2.35. The van der Waals surface area contributed by atoms with Gasteiger partial charge in [0.1, 0.15) is 0 Å². The minimum absolute atomic E-state index is 0.158. The van der Waals surface area contributed by atoms with Crippen LogP contribution in [0.5, 0.6) is 6.01 Å². The number of anilines is 1. The van der Waals surface area contributed by atoms with Crippen molar-refractivity contribution in [2.75, 3.05) is 25.1 Å². The summed E-state index contributed by atoms with van der Waals surface area (Å²) in [6.07, 6.45) is 2.79. The van der Waals surface area contributed by atoms with E-state index in [0.29, 0.717) is 5.95 Å². The highest BCUT2D eigenvalue weighted by molar-refractivity contribution is 6.28. The maximum atomic E-state index is 5.84. The van der Waals surface area contributed by atoms with E-state index >= 15 is 0 Å². The third kappa shape index (κ3) is 2.14. The molecule has 3 rings (SSSR count). The molecule has 0 spiro atoms. The van der Waals surface area contributed by atoms with E-state index < -0.39 is 0 Å². The van der Waals surface area contributed by atoms with Gasteiger partial charge in [-0.05, 0) is 24.4 Å². The minimum atomic E-state index is 0.158. The largest absolute Gasteiger partial charge is 0.467 e. The van der Waals surface area contributed by atoms with Gasteiger partial charge in [-0.1, -0.05) is 0 Å². The third-order valence-electron chi connectivity index (χ3n) is 3.08. The van der Waals surface area contributed by atoms with Crippen molar-refractivity contribution in [1.82, 2.24) is 15.0 Å². The van der Waals surface area contributed by atoms with Gasteiger partial charge in [-0.3, -0.25) is 0 Å². The quantitative estimate of drug-likeness (QED) is 0.784. The van der Waals surface area contributed by atoms with Crippen LogP contribution in [0.15, 0.2) is 0 Å². The number of morpholine rings is 1. The van der Waals surface area contributed by atoms with Crippen LogP contribution in [-0.2, 0) is 4.74 Å². The number of hydrogen-bond donors (Lipinski definition) is 0. The molecule has 2 saturated heterocycles. The standard InChI is InChI=1S/C10H13ClN4O2/c1-16-10-13-8(11)12-9(14-10)15-4-6-2-3-7(5-15)17-6/h6-7H,2-5H2,1H3. The van der Waals surface area contributed by atoms with Crippen LogP contribution in [0.1, 0.15) is 12.8 Å². The Bertz CT molecular complexity index is 419. The predicted molar refractivity (Wildman–Crippen MR) is 61.5 cm³/mol. The summed E-state index contributed by atoms with van der Waals surface area (Å²) in [4.78, 5) is 14.3. The summed E-state index contributed by atoms with van der Waals surface area (Å²) in [6, 6.07) is 0.249. The second kappa shape index (κ2) is 4.27. The topological polar surface area (TPSA) is 60.4 Å². The van der Waals surface area contributed by atoms with Crippen molar-refractivity contribution in [2.24, 2.45) is 0 Å². The van der Waals surface area contributed by atoms with Crippen molar-refractivity contribution in [3.63, 3.8) is 0 Å². The zero-order chi connectivity index (χ0) is 11.8. The molecule has 1 aromatic rings. The van der Waals surface area contributed by atoms with Gasteiger partial charge in [-0.2, -0.15) is 15.0 Å². The van der Waals surface area contributed by atoms with Crippen molar-refractivity contribution < 1.29 is 9.47 Å². The van der Waals surface area contributed by atoms with Crippen molar-refractivity contribution >= 4 is 17.5 Å². The molecular formula is C10H13ClN4O2. The van der Waals surface area contributed by atoms with E-state index in [4.69, 9.17) is 21.1 Å². The van der Waals surface area contributed by atoms with E-state index in [1.807, 2.05) is 0 Å². The molecule has 1 aromatic heterocycles. The average Bonchev–Trinajstić information content (AvgIpc) is 2.67. The summed E-state index contributed by atoms with van der Waals surface area (Å²) in [5.41, 5.74) is 0. The Morgan fingerprint density at radius 2 is 1.94 bits per heavy atom. The lowest BCUT2D eigenvalue weighted by molar-refractivity contribution is 0.0298. The molecule has 2 bridgehead atoms. The molecule has 2 aliphatic rings. The highest BCUT2D eigenvalue weighted by Crippen LogP contribution is 2.28. The van der Waals surface area contributed by atoms with Crippen LogP contribution < -0.4 is 9.64 Å². The summed E-state index contributed by atoms with van der Waals surface area (Å²) in [5.74, 6) is 0.571. The zero-order valence-corrected chi connectivity index (χ0v) is 10.2. The fourth-order valence-electron chi connectivity index (χ4n) is 2.33. The molecular weight excluding hydrogens is 244 g/mol. The van der Waals surface area contributed by atoms with Gasteiger partial charge in [-0.25, -0.2) is 0 Å². The first-order chi connectivity index (χ1) is 8.24. The Balaban J connectivity index is 1.86. The third-order valence-corrected chi connectivity index (χ3v) is 3.25. The molecule has 2 aliphatic heterocycles. The number of fused-ring (bicyclic) bond motifs is 2. The number of methoxy groups -OCH3 is 1. The van der Waals surface area contributed by atoms with Crippen molar-refractivity contribution in [1.29, 1.82) is 0 Å². The molecule has 92 valence electrons. The van der Waals surface area contributed by atoms with Crippen LogP contribution in [0.25, 0.3) is 0 Å². The first kappa shape index (κ1) is 11.0. The maximum Gasteiger partial charge on any atom is 0.322 e. The van der Waals surface area contributed by atoms with Gasteiger partial charge >= 0.3 is 6.01 Å². The van der Waals surface area contributed by atoms with Gasteiger partial charge in [0.2, 0.25) is 11.2 Å². The lowest BCUT2D eigenvalue weighted by atomic mass is 10.2. The summed E-state index contributed by atoms with van der Waals surface area (Å²) in [6.45, 7) is 1.61. The molecule has 0 amide bonds. The summed E-state index contributed by atoms with van der Waals surface area (Å²) in [7, 11) is 1.51. The summed E-state index contributed by atoms with van der Waals surface area (Å²) >= 11 is 5.84. The van der Waals surface area contributed by atoms with Gasteiger partial charge in [0.05, 0.1) is 19.3 Å². The van der Waals surface area contributed by atoms with Crippen LogP contribution in [-0.4, -0.2) is 47.4 Å². The van der Waals surface area contributed by atoms with Gasteiger partial charge in [0.25, 0.3) is 0 Å². The fraction of sp³-hybridized carbons (Fsp3) is 0.700. The number of halogens is 1. The van der Waals surface area contributed by atoms with Crippen LogP contribution in [0.3, 0.4) is 0 Å². The van der Waals surface area contributed by atoms with E-state index in [-0.39, 0.29) is 23.5 Å². The van der Waals surface area contributed by atoms with Gasteiger partial charge < -0.3 is 14.4 Å². The molecule has 0 saturated carbocycles. The molecule has 7 heteroatoms. The van der Waals surface area contributed by atoms with E-state index in [2.05, 4.69) is 19.9 Å². The molecule has 0 N–H and O–H groups in total. The second-order valence-corrected chi connectivity index (χ2v) is 4.59. The molecule has 6 nitrogen and oxygen atoms in total. The Morgan fingerprint density at radius 3 is 2.59 bits per heavy atom. The average molecular weight is 257 g/mol. The normalized spacial score (nSPS) is 27.3. The smallest absolute Gasteiger partial charge is 0.322 e. The molecule has 17 heavy (non-hydrogen) atoms. The SMILES string of the molecule is COc1nc(Cl)nc(N2CC3CCC(C2)O3)n1. The molecule has 3 heterocycles. The van der Waals surface area contributed by atoms with E-state index in [9.17, 15) is 0 Å². The maximum absolute atomic E-state index is 5.84. The van der Waals surface area contributed by atoms with Gasteiger partial charge in [0, 0.05) is 13.1 Å². The molecule has 0 aliphatic carbocycles. The van der Waals surface area contributed by atoms with Gasteiger partial charge in [-0.15, -0.1) is 0 Å². The monoisotopic (exact) mass is 256 g/mol. The zero-order valence-electron chi connectivity index (χ0n) is 9.47. The molecule has 2 unspecified atom stereocenters. The van der Waals surface area contributed by atoms with Crippen molar-refractivity contribution in [3.8, 4) is 6.01 Å². The molecule has 2 fully saturated rings. The summed E-state index contributed by atoms with van der Waals surface area (Å²) < 4.78 is 10.7. The van der Waals surface area contributed by atoms with E-state index in [1.165, 1.54) is 7.11 Å². The lowest BCUT2D eigenvalue weighted by Crippen LogP contribution is -2.43. The number of ether oxygens (including phenoxy) is 2. The highest BCUT2D eigenvalue weighted by atomic mass is 35.5. The Hall–Kier alpha value is -1.14. The van der Waals surface area contributed by atoms with Gasteiger partial charge in [0.15, 0.2) is 0 Å². The molecule has 0 radical (unpaired) electrons. The Kier molecular flexibility index (Phi) is 2.76. The lowest BCUT2D eigenvalue weighted by Gasteiger charge is -2.31. The van der Waals surface area contributed by atoms with Crippen molar-refractivity contribution in [2.45, 2.75) is 25.0 Å². The van der Waals surface area contributed by atoms with Crippen LogP contribution in [0.4, 0.5) is 5.95 Å². The Morgan fingerprint density at radius 1 is 1.24 bits per heavy atom. The van der Waals surface area contributed by atoms with Crippen LogP contribution >= 0.6 is 11.6 Å². The van der Waals surface area contributed by atoms with Crippen molar-refractivity contribution in [3.05, 3.63) is 5.28 Å². The number of rotatable bonds is 2. The van der Waals surface area contributed by atoms with Crippen LogP contribution in [0, 0.1) is 0 Å². The van der Waals surface area contributed by atoms with E-state index in [0.717, 1.165) is 25.9 Å². The first-order valence-electron chi connectivity index (χ1n) is 5.60. The first-order valence-corrected chi connectivity index (χ1v) is 5.98. The number of aromatic nitrogens is 3. The van der Waals surface area contributed by atoms with Crippen LogP contribution in [0.2, 0.25) is 5.28 Å². The number of nitrogens with zero attached hydrogens (tertiary/aromatic N) is 4.